The molecule has 7 heteroatoms. The quantitative estimate of drug-likeness (QED) is 0.655. The first-order valence-corrected chi connectivity index (χ1v) is 6.92. The molecule has 0 aliphatic carbocycles. The number of nitrogens with one attached hydrogen (secondary N) is 2. The zero-order valence-corrected chi connectivity index (χ0v) is 12.1. The first-order valence-electron chi connectivity index (χ1n) is 6.92. The van der Waals surface area contributed by atoms with Crippen LogP contribution in [0, 0.1) is 5.82 Å². The van der Waals surface area contributed by atoms with Gasteiger partial charge in [-0.05, 0) is 48.0 Å². The second kappa shape index (κ2) is 6.78. The highest BCUT2D eigenvalue weighted by molar-refractivity contribution is 5.84. The molecule has 6 nitrogen and oxygen atoms in total. The number of hydrogen-bond acceptors (Lipinski definition) is 5. The molecular weight excluding hydrogens is 301 g/mol. The molecule has 1 heterocycles. The Morgan fingerprint density at radius 1 is 1.17 bits per heavy atom. The van der Waals surface area contributed by atoms with Crippen LogP contribution in [0.3, 0.4) is 0 Å². The number of anilines is 1. The van der Waals surface area contributed by atoms with Crippen molar-refractivity contribution in [2.45, 2.75) is 0 Å². The molecule has 0 saturated carbocycles. The smallest absolute Gasteiger partial charge is 0.259 e. The van der Waals surface area contributed by atoms with Crippen LogP contribution in [0.1, 0.15) is 5.56 Å². The molecule has 0 bridgehead atoms. The molecule has 1 amide bonds. The van der Waals surface area contributed by atoms with Crippen LogP contribution in [-0.4, -0.2) is 25.5 Å². The summed E-state index contributed by atoms with van der Waals surface area (Å²) in [5.74, 6) is 0.701. The maximum atomic E-state index is 12.8. The lowest BCUT2D eigenvalue weighted by Gasteiger charge is -2.04. The van der Waals surface area contributed by atoms with E-state index in [1.54, 1.807) is 30.3 Å². The summed E-state index contributed by atoms with van der Waals surface area (Å²) in [5.41, 5.74) is 3.84. The number of rotatable bonds is 5. The Morgan fingerprint density at radius 3 is 2.78 bits per heavy atom. The van der Waals surface area contributed by atoms with Crippen molar-refractivity contribution in [3.63, 3.8) is 0 Å². The molecule has 2 N–H and O–H groups in total. The van der Waals surface area contributed by atoms with Crippen LogP contribution >= 0.6 is 0 Å². The number of carbonyl (C=O) groups is 1. The van der Waals surface area contributed by atoms with Gasteiger partial charge in [0, 0.05) is 5.69 Å². The first-order chi connectivity index (χ1) is 11.2. The van der Waals surface area contributed by atoms with Gasteiger partial charge in [0.1, 0.15) is 5.82 Å². The van der Waals surface area contributed by atoms with E-state index >= 15 is 0 Å². The van der Waals surface area contributed by atoms with Crippen molar-refractivity contribution in [3.8, 4) is 11.5 Å². The number of hydrogen-bond donors (Lipinski definition) is 2. The zero-order chi connectivity index (χ0) is 16.1. The summed E-state index contributed by atoms with van der Waals surface area (Å²) in [6, 6.07) is 11.1. The third kappa shape index (κ3) is 3.97. The van der Waals surface area contributed by atoms with E-state index < -0.39 is 0 Å². The molecule has 1 aliphatic rings. The summed E-state index contributed by atoms with van der Waals surface area (Å²) >= 11 is 0. The van der Waals surface area contributed by atoms with Crippen LogP contribution in [0.5, 0.6) is 11.5 Å². The summed E-state index contributed by atoms with van der Waals surface area (Å²) in [6.45, 7) is 0.242. The second-order valence-corrected chi connectivity index (χ2v) is 4.77. The van der Waals surface area contributed by atoms with Crippen LogP contribution in [0.15, 0.2) is 47.6 Å². The molecule has 0 spiro atoms. The van der Waals surface area contributed by atoms with Crippen molar-refractivity contribution in [3.05, 3.63) is 53.8 Å². The number of hydrazone groups is 1. The highest BCUT2D eigenvalue weighted by Gasteiger charge is 2.12. The van der Waals surface area contributed by atoms with Gasteiger partial charge in [-0.2, -0.15) is 5.10 Å². The molecule has 23 heavy (non-hydrogen) atoms. The summed E-state index contributed by atoms with van der Waals surface area (Å²) in [4.78, 5) is 11.7. The topological polar surface area (TPSA) is 72.0 Å². The monoisotopic (exact) mass is 315 g/mol. The Morgan fingerprint density at radius 2 is 1.96 bits per heavy atom. The number of halogens is 1. The normalized spacial score (nSPS) is 12.4. The van der Waals surface area contributed by atoms with Crippen molar-refractivity contribution in [2.24, 2.45) is 5.10 Å². The SMILES string of the molecule is O=C(CNc1ccc(F)cc1)N/N=C\c1ccc2c(c1)OCO2. The van der Waals surface area contributed by atoms with Crippen molar-refractivity contribution in [1.29, 1.82) is 0 Å². The molecule has 3 rings (SSSR count). The van der Waals surface area contributed by atoms with E-state index in [-0.39, 0.29) is 25.1 Å². The number of nitrogens with zero attached hydrogens (tertiary/aromatic N) is 1. The maximum Gasteiger partial charge on any atom is 0.259 e. The van der Waals surface area contributed by atoms with Gasteiger partial charge < -0.3 is 14.8 Å². The third-order valence-corrected chi connectivity index (χ3v) is 3.10. The van der Waals surface area contributed by atoms with Crippen LogP contribution in [0.25, 0.3) is 0 Å². The van der Waals surface area contributed by atoms with Crippen molar-refractivity contribution >= 4 is 17.8 Å². The fraction of sp³-hybridized carbons (Fsp3) is 0.125. The van der Waals surface area contributed by atoms with Gasteiger partial charge >= 0.3 is 0 Å². The lowest BCUT2D eigenvalue weighted by atomic mass is 10.2. The molecular formula is C16H14FN3O3. The Kier molecular flexibility index (Phi) is 4.37. The molecule has 0 atom stereocenters. The number of carbonyl (C=O) groups excluding carboxylic acids is 1. The van der Waals surface area contributed by atoms with Crippen LogP contribution < -0.4 is 20.2 Å². The molecule has 0 saturated heterocycles. The van der Waals surface area contributed by atoms with E-state index in [9.17, 15) is 9.18 Å². The number of benzene rings is 2. The average Bonchev–Trinajstić information content (AvgIpc) is 3.02. The van der Waals surface area contributed by atoms with E-state index in [0.717, 1.165) is 5.56 Å². The zero-order valence-electron chi connectivity index (χ0n) is 12.1. The minimum atomic E-state index is -0.326. The Bertz CT molecular complexity index is 732. The van der Waals surface area contributed by atoms with Gasteiger partial charge in [-0.3, -0.25) is 4.79 Å². The number of ether oxygens (including phenoxy) is 2. The molecule has 2 aromatic rings. The van der Waals surface area contributed by atoms with E-state index in [2.05, 4.69) is 15.8 Å². The van der Waals surface area contributed by atoms with Crippen LogP contribution in [0.2, 0.25) is 0 Å². The number of fused-ring (bicyclic) bond motifs is 1. The van der Waals surface area contributed by atoms with Crippen molar-refractivity contribution in [1.82, 2.24) is 5.43 Å². The molecule has 0 radical (unpaired) electrons. The van der Waals surface area contributed by atoms with Crippen molar-refractivity contribution in [2.75, 3.05) is 18.7 Å². The van der Waals surface area contributed by atoms with Crippen LogP contribution in [-0.2, 0) is 4.79 Å². The van der Waals surface area contributed by atoms with Gasteiger partial charge in [-0.15, -0.1) is 0 Å². The summed E-state index contributed by atoms with van der Waals surface area (Å²) in [5, 5.41) is 6.74. The van der Waals surface area contributed by atoms with Gasteiger partial charge in [-0.25, -0.2) is 9.82 Å². The van der Waals surface area contributed by atoms with Gasteiger partial charge in [0.25, 0.3) is 5.91 Å². The lowest BCUT2D eigenvalue weighted by molar-refractivity contribution is -0.119. The molecule has 0 aromatic heterocycles. The van der Waals surface area contributed by atoms with Crippen molar-refractivity contribution < 1.29 is 18.7 Å². The molecule has 0 fully saturated rings. The summed E-state index contributed by atoms with van der Waals surface area (Å²) in [7, 11) is 0. The van der Waals surface area contributed by atoms with Gasteiger partial charge in [-0.1, -0.05) is 0 Å². The van der Waals surface area contributed by atoms with E-state index in [0.29, 0.717) is 17.2 Å². The van der Waals surface area contributed by atoms with Gasteiger partial charge in [0.05, 0.1) is 12.8 Å². The summed E-state index contributed by atoms with van der Waals surface area (Å²) in [6.07, 6.45) is 1.51. The van der Waals surface area contributed by atoms with E-state index in [1.807, 2.05) is 0 Å². The molecule has 1 aliphatic heterocycles. The molecule has 118 valence electrons. The first kappa shape index (κ1) is 14.8. The van der Waals surface area contributed by atoms with E-state index in [4.69, 9.17) is 9.47 Å². The van der Waals surface area contributed by atoms with E-state index in [1.165, 1.54) is 18.3 Å². The van der Waals surface area contributed by atoms with Crippen LogP contribution in [0.4, 0.5) is 10.1 Å². The fourth-order valence-corrected chi connectivity index (χ4v) is 1.96. The Hall–Kier alpha value is -3.09. The minimum Gasteiger partial charge on any atom is -0.454 e. The van der Waals surface area contributed by atoms with Gasteiger partial charge in [0.2, 0.25) is 6.79 Å². The molecule has 2 aromatic carbocycles. The second-order valence-electron chi connectivity index (χ2n) is 4.77. The Balaban J connectivity index is 1.47. The molecule has 0 unspecified atom stereocenters. The Labute approximate surface area is 131 Å². The summed E-state index contributed by atoms with van der Waals surface area (Å²) < 4.78 is 23.2. The highest BCUT2D eigenvalue weighted by atomic mass is 19.1. The number of amides is 1. The van der Waals surface area contributed by atoms with Gasteiger partial charge in [0.15, 0.2) is 11.5 Å². The third-order valence-electron chi connectivity index (χ3n) is 3.10. The minimum absolute atomic E-state index is 0.0319. The lowest BCUT2D eigenvalue weighted by Crippen LogP contribution is -2.25. The average molecular weight is 315 g/mol. The fourth-order valence-electron chi connectivity index (χ4n) is 1.96. The largest absolute Gasteiger partial charge is 0.454 e. The maximum absolute atomic E-state index is 12.8. The highest BCUT2D eigenvalue weighted by Crippen LogP contribution is 2.31. The standard InChI is InChI=1S/C16H14FN3O3/c17-12-2-4-13(5-3-12)18-9-16(21)20-19-8-11-1-6-14-15(7-11)23-10-22-14/h1-8,18H,9-10H2,(H,20,21)/b19-8-. The predicted molar refractivity (Wildman–Crippen MR) is 83.2 cm³/mol. The predicted octanol–water partition coefficient (Wildman–Crippen LogP) is 2.12.